The van der Waals surface area contributed by atoms with E-state index in [1.54, 1.807) is 22.5 Å². The Kier molecular flexibility index (Phi) is 4.59. The van der Waals surface area contributed by atoms with Gasteiger partial charge in [0.1, 0.15) is 0 Å². The summed E-state index contributed by atoms with van der Waals surface area (Å²) >= 11 is 6.04. The molecule has 4 aliphatic carbocycles. The summed E-state index contributed by atoms with van der Waals surface area (Å²) in [5.41, 5.74) is 0.762. The van der Waals surface area contributed by atoms with E-state index in [0.717, 1.165) is 37.0 Å². The summed E-state index contributed by atoms with van der Waals surface area (Å²) in [6.07, 6.45) is 9.90. The number of carbonyl (C=O) groups is 1. The summed E-state index contributed by atoms with van der Waals surface area (Å²) in [6, 6.07) is 6.27. The zero-order valence-corrected chi connectivity index (χ0v) is 19.4. The van der Waals surface area contributed by atoms with Crippen LogP contribution in [0.25, 0.3) is 0 Å². The Labute approximate surface area is 190 Å². The van der Waals surface area contributed by atoms with Crippen molar-refractivity contribution in [1.82, 2.24) is 9.62 Å². The van der Waals surface area contributed by atoms with Crippen LogP contribution in [0.3, 0.4) is 0 Å². The second-order valence-electron chi connectivity index (χ2n) is 10.9. The van der Waals surface area contributed by atoms with Crippen molar-refractivity contribution in [3.05, 3.63) is 29.3 Å². The second kappa shape index (κ2) is 6.94. The lowest BCUT2D eigenvalue weighted by molar-refractivity contribution is -0.261. The van der Waals surface area contributed by atoms with Crippen LogP contribution in [0.1, 0.15) is 57.8 Å². The Balaban J connectivity index is 1.12. The third-order valence-electron chi connectivity index (χ3n) is 9.59. The first-order chi connectivity index (χ1) is 14.8. The molecule has 0 radical (unpaired) electrons. The highest BCUT2D eigenvalue weighted by molar-refractivity contribution is 7.89. The summed E-state index contributed by atoms with van der Waals surface area (Å²) in [4.78, 5) is 13.2. The fourth-order valence-corrected chi connectivity index (χ4v) is 10.6. The third kappa shape index (κ3) is 2.83. The van der Waals surface area contributed by atoms with E-state index in [4.69, 9.17) is 11.6 Å². The monoisotopic (exact) mass is 462 g/mol. The highest BCUT2D eigenvalue weighted by atomic mass is 35.5. The molecule has 4 unspecified atom stereocenters. The van der Waals surface area contributed by atoms with Crippen LogP contribution < -0.4 is 5.32 Å². The lowest BCUT2D eigenvalue weighted by Crippen LogP contribution is -2.69. The van der Waals surface area contributed by atoms with Gasteiger partial charge >= 0.3 is 0 Å². The van der Waals surface area contributed by atoms with E-state index in [1.165, 1.54) is 38.2 Å². The Morgan fingerprint density at radius 3 is 2.65 bits per heavy atom. The predicted molar refractivity (Wildman–Crippen MR) is 119 cm³/mol. The summed E-state index contributed by atoms with van der Waals surface area (Å²) in [7, 11) is -3.62. The molecule has 7 heteroatoms. The number of hydrogen-bond acceptors (Lipinski definition) is 3. The lowest BCUT2D eigenvalue weighted by atomic mass is 9.29. The standard InChI is InChI=1S/C24H31ClN2O3S/c25-19-4-3-6-21(10-19)31(29,30)27-7-2-1-5-20(27)15-26-22(28)14-23-12-17-8-16-9-18(13-23)24(17,23)11-16/h3-4,6,10,16-18,20H,1-2,5,7-9,11-15H2,(H,26,28)/t16?,17-,18+,20?,23?,24?. The van der Waals surface area contributed by atoms with Gasteiger partial charge in [0.2, 0.25) is 15.9 Å². The second-order valence-corrected chi connectivity index (χ2v) is 13.2. The number of benzene rings is 1. The van der Waals surface area contributed by atoms with Crippen molar-refractivity contribution in [2.75, 3.05) is 13.1 Å². The number of hydrogen-bond donors (Lipinski definition) is 1. The normalized spacial score (nSPS) is 40.7. The van der Waals surface area contributed by atoms with E-state index in [0.29, 0.717) is 29.9 Å². The van der Waals surface area contributed by atoms with Crippen molar-refractivity contribution in [2.24, 2.45) is 28.6 Å². The topological polar surface area (TPSA) is 66.5 Å². The van der Waals surface area contributed by atoms with Gasteiger partial charge in [0, 0.05) is 30.6 Å². The maximum Gasteiger partial charge on any atom is 0.243 e. The van der Waals surface area contributed by atoms with Crippen LogP contribution in [0, 0.1) is 28.6 Å². The minimum atomic E-state index is -3.62. The SMILES string of the molecule is O=C(CC12C[C@H]3CC4C[C@@H](C1)C32C4)NCC1CCCCN1S(=O)(=O)c1cccc(Cl)c1. The average Bonchev–Trinajstić information content (AvgIpc) is 3.26. The number of carbonyl (C=O) groups excluding carboxylic acids is 1. The van der Waals surface area contributed by atoms with Crippen LogP contribution in [0.5, 0.6) is 0 Å². The number of halogens is 1. The maximum atomic E-state index is 13.3. The summed E-state index contributed by atoms with van der Waals surface area (Å²) in [6.45, 7) is 0.893. The van der Waals surface area contributed by atoms with E-state index >= 15 is 0 Å². The van der Waals surface area contributed by atoms with Crippen LogP contribution in [0.2, 0.25) is 5.02 Å². The molecule has 5 fully saturated rings. The van der Waals surface area contributed by atoms with E-state index in [2.05, 4.69) is 5.32 Å². The van der Waals surface area contributed by atoms with E-state index in [9.17, 15) is 13.2 Å². The third-order valence-corrected chi connectivity index (χ3v) is 11.8. The van der Waals surface area contributed by atoms with E-state index in [-0.39, 0.29) is 22.3 Å². The van der Waals surface area contributed by atoms with Crippen molar-refractivity contribution >= 4 is 27.5 Å². The smallest absolute Gasteiger partial charge is 0.243 e. The number of rotatable bonds is 6. The number of amides is 1. The molecule has 0 aromatic heterocycles. The maximum absolute atomic E-state index is 13.3. The molecule has 1 N–H and O–H groups in total. The van der Waals surface area contributed by atoms with E-state index in [1.807, 2.05) is 0 Å². The number of nitrogens with zero attached hydrogens (tertiary/aromatic N) is 1. The van der Waals surface area contributed by atoms with Crippen LogP contribution in [0.15, 0.2) is 29.2 Å². The van der Waals surface area contributed by atoms with Gasteiger partial charge < -0.3 is 5.32 Å². The molecule has 4 saturated carbocycles. The average molecular weight is 463 g/mol. The molecular weight excluding hydrogens is 432 g/mol. The summed E-state index contributed by atoms with van der Waals surface area (Å²) < 4.78 is 28.1. The molecule has 168 valence electrons. The molecule has 31 heavy (non-hydrogen) atoms. The first kappa shape index (κ1) is 20.5. The van der Waals surface area contributed by atoms with Gasteiger partial charge in [-0.1, -0.05) is 24.1 Å². The van der Waals surface area contributed by atoms with Gasteiger partial charge in [-0.05, 0) is 91.7 Å². The molecule has 1 spiro atoms. The Morgan fingerprint density at radius 1 is 1.16 bits per heavy atom. The zero-order chi connectivity index (χ0) is 21.4. The Bertz CT molecular complexity index is 1010. The van der Waals surface area contributed by atoms with Crippen molar-refractivity contribution in [2.45, 2.75) is 68.7 Å². The van der Waals surface area contributed by atoms with Gasteiger partial charge in [-0.3, -0.25) is 4.79 Å². The minimum Gasteiger partial charge on any atom is -0.354 e. The van der Waals surface area contributed by atoms with Gasteiger partial charge in [0.05, 0.1) is 4.90 Å². The highest BCUT2D eigenvalue weighted by Gasteiger charge is 2.80. The highest BCUT2D eigenvalue weighted by Crippen LogP contribution is 2.87. The van der Waals surface area contributed by atoms with Gasteiger partial charge in [-0.15, -0.1) is 0 Å². The molecule has 5 aliphatic rings. The summed E-state index contributed by atoms with van der Waals surface area (Å²) in [5, 5.41) is 3.55. The quantitative estimate of drug-likeness (QED) is 0.688. The van der Waals surface area contributed by atoms with Crippen molar-refractivity contribution in [1.29, 1.82) is 0 Å². The summed E-state index contributed by atoms with van der Waals surface area (Å²) in [5.74, 6) is 2.81. The predicted octanol–water partition coefficient (Wildman–Crippen LogP) is 4.22. The van der Waals surface area contributed by atoms with Gasteiger partial charge in [-0.2, -0.15) is 4.31 Å². The molecule has 1 aromatic carbocycles. The Hall–Kier alpha value is -1.11. The molecule has 2 bridgehead atoms. The molecule has 5 nitrogen and oxygen atoms in total. The number of fused-ring (bicyclic) bond motifs is 1. The molecule has 6 rings (SSSR count). The number of sulfonamides is 1. The molecule has 1 amide bonds. The molecule has 1 saturated heterocycles. The fourth-order valence-electron chi connectivity index (χ4n) is 8.56. The minimum absolute atomic E-state index is 0.118. The first-order valence-corrected chi connectivity index (χ1v) is 13.7. The molecule has 1 aliphatic heterocycles. The van der Waals surface area contributed by atoms with Crippen molar-refractivity contribution < 1.29 is 13.2 Å². The fraction of sp³-hybridized carbons (Fsp3) is 0.708. The molecule has 1 aromatic rings. The van der Waals surface area contributed by atoms with Gasteiger partial charge in [0.15, 0.2) is 0 Å². The zero-order valence-electron chi connectivity index (χ0n) is 17.9. The first-order valence-electron chi connectivity index (χ1n) is 11.9. The van der Waals surface area contributed by atoms with E-state index < -0.39 is 10.0 Å². The largest absolute Gasteiger partial charge is 0.354 e. The molecular formula is C24H31ClN2O3S. The van der Waals surface area contributed by atoms with Crippen LogP contribution in [0.4, 0.5) is 0 Å². The Morgan fingerprint density at radius 2 is 1.94 bits per heavy atom. The number of nitrogens with one attached hydrogen (secondary N) is 1. The lowest BCUT2D eigenvalue weighted by Gasteiger charge is -2.74. The molecule has 6 atom stereocenters. The number of piperidine rings is 1. The van der Waals surface area contributed by atoms with Crippen molar-refractivity contribution in [3.63, 3.8) is 0 Å². The molecule has 1 heterocycles. The van der Waals surface area contributed by atoms with Gasteiger partial charge in [-0.25, -0.2) is 8.42 Å². The van der Waals surface area contributed by atoms with Crippen LogP contribution in [-0.4, -0.2) is 37.8 Å². The van der Waals surface area contributed by atoms with Crippen LogP contribution in [-0.2, 0) is 14.8 Å². The van der Waals surface area contributed by atoms with Crippen LogP contribution >= 0.6 is 11.6 Å². The van der Waals surface area contributed by atoms with Gasteiger partial charge in [0.25, 0.3) is 0 Å². The van der Waals surface area contributed by atoms with Crippen molar-refractivity contribution in [3.8, 4) is 0 Å².